The second-order valence-electron chi connectivity index (χ2n) is 8.09. The van der Waals surface area contributed by atoms with Gasteiger partial charge < -0.3 is 14.8 Å². The summed E-state index contributed by atoms with van der Waals surface area (Å²) in [4.78, 5) is 6.85. The monoisotopic (exact) mass is 536 g/mol. The number of rotatable bonds is 4. The van der Waals surface area contributed by atoms with Crippen LogP contribution in [-0.2, 0) is 0 Å². The Bertz CT molecular complexity index is 1320. The Hall–Kier alpha value is -2.67. The van der Waals surface area contributed by atoms with Gasteiger partial charge in [0.2, 0.25) is 0 Å². The summed E-state index contributed by atoms with van der Waals surface area (Å²) < 4.78 is 3.24. The third-order valence-corrected chi connectivity index (χ3v) is 7.25. The van der Waals surface area contributed by atoms with Gasteiger partial charge in [-0.3, -0.25) is 4.98 Å². The molecule has 1 fully saturated rings. The summed E-state index contributed by atoms with van der Waals surface area (Å²) in [6.45, 7) is 4.25. The van der Waals surface area contributed by atoms with Gasteiger partial charge in [-0.05, 0) is 86.2 Å². The van der Waals surface area contributed by atoms with Crippen LogP contribution >= 0.6 is 39.7 Å². The zero-order chi connectivity index (χ0) is 23.1. The molecule has 0 saturated carbocycles. The number of anilines is 1. The van der Waals surface area contributed by atoms with Crippen molar-refractivity contribution in [1.82, 2.24) is 14.9 Å². The molecule has 1 N–H and O–H groups in total. The number of aryl methyl sites for hydroxylation is 1. The Kier molecular flexibility index (Phi) is 5.99. The number of thiocarbonyl (C=S) groups is 1. The van der Waals surface area contributed by atoms with E-state index in [4.69, 9.17) is 23.8 Å². The van der Waals surface area contributed by atoms with Crippen molar-refractivity contribution in [3.63, 3.8) is 0 Å². The van der Waals surface area contributed by atoms with Gasteiger partial charge in [0, 0.05) is 27.7 Å². The lowest BCUT2D eigenvalue weighted by atomic mass is 9.96. The fourth-order valence-corrected chi connectivity index (χ4v) is 5.47. The average Bonchev–Trinajstić information content (AvgIpc) is 3.31. The number of pyridine rings is 1. The van der Waals surface area contributed by atoms with E-state index in [2.05, 4.69) is 67.7 Å². The Morgan fingerprint density at radius 3 is 2.42 bits per heavy atom. The first-order chi connectivity index (χ1) is 16.0. The topological polar surface area (TPSA) is 33.1 Å². The first-order valence-electron chi connectivity index (χ1n) is 10.7. The lowest BCUT2D eigenvalue weighted by Crippen LogP contribution is -2.29. The zero-order valence-electron chi connectivity index (χ0n) is 18.2. The standard InChI is InChI=1S/C26H22BrClN4S/c1-16-15-20(17(2)31(16)23-9-4-3-7-21(23)28)25-24(22-8-5-6-14-29-22)30-26(33)32(25)19-12-10-18(27)11-13-19/h3-15,24-25H,1-2H3,(H,30,33)/t24-,25+/m1/s1. The predicted octanol–water partition coefficient (Wildman–Crippen LogP) is 7.08. The normalized spacial score (nSPS) is 17.9. The number of para-hydroxylation sites is 1. The van der Waals surface area contributed by atoms with Crippen LogP contribution in [0.4, 0.5) is 5.69 Å². The van der Waals surface area contributed by atoms with Gasteiger partial charge in [-0.2, -0.15) is 0 Å². The van der Waals surface area contributed by atoms with Crippen LogP contribution in [0.1, 0.15) is 34.7 Å². The molecule has 2 atom stereocenters. The highest BCUT2D eigenvalue weighted by Gasteiger charge is 2.42. The molecule has 2 aromatic carbocycles. The lowest BCUT2D eigenvalue weighted by molar-refractivity contribution is 0.565. The Balaban J connectivity index is 1.69. The molecule has 0 unspecified atom stereocenters. The van der Waals surface area contributed by atoms with Gasteiger partial charge in [0.1, 0.15) is 0 Å². The van der Waals surface area contributed by atoms with Crippen molar-refractivity contribution >= 4 is 50.5 Å². The summed E-state index contributed by atoms with van der Waals surface area (Å²) >= 11 is 16.0. The molecule has 0 radical (unpaired) electrons. The summed E-state index contributed by atoms with van der Waals surface area (Å²) in [6.07, 6.45) is 1.83. The fourth-order valence-electron chi connectivity index (χ4n) is 4.64. The lowest BCUT2D eigenvalue weighted by Gasteiger charge is -2.28. The van der Waals surface area contributed by atoms with Gasteiger partial charge in [0.05, 0.1) is 28.5 Å². The van der Waals surface area contributed by atoms with Crippen LogP contribution in [0.5, 0.6) is 0 Å². The molecule has 1 aliphatic rings. The molecular formula is C26H22BrClN4S. The summed E-state index contributed by atoms with van der Waals surface area (Å²) in [5.74, 6) is 0. The van der Waals surface area contributed by atoms with E-state index in [0.29, 0.717) is 5.11 Å². The van der Waals surface area contributed by atoms with Crippen LogP contribution in [0.3, 0.4) is 0 Å². The van der Waals surface area contributed by atoms with E-state index >= 15 is 0 Å². The molecule has 166 valence electrons. The number of aromatic nitrogens is 2. The predicted molar refractivity (Wildman–Crippen MR) is 142 cm³/mol. The van der Waals surface area contributed by atoms with Crippen LogP contribution in [0, 0.1) is 13.8 Å². The molecule has 1 aliphatic heterocycles. The van der Waals surface area contributed by atoms with Gasteiger partial charge >= 0.3 is 0 Å². The quantitative estimate of drug-likeness (QED) is 0.282. The van der Waals surface area contributed by atoms with E-state index < -0.39 is 0 Å². The largest absolute Gasteiger partial charge is 0.351 e. The first kappa shape index (κ1) is 22.1. The van der Waals surface area contributed by atoms with E-state index in [1.165, 1.54) is 5.56 Å². The van der Waals surface area contributed by atoms with Gasteiger partial charge in [-0.1, -0.05) is 45.7 Å². The van der Waals surface area contributed by atoms with E-state index in [-0.39, 0.29) is 12.1 Å². The number of nitrogens with zero attached hydrogens (tertiary/aromatic N) is 3. The molecule has 3 heterocycles. The number of hydrogen-bond acceptors (Lipinski definition) is 2. The highest BCUT2D eigenvalue weighted by molar-refractivity contribution is 9.10. The molecule has 4 aromatic rings. The first-order valence-corrected chi connectivity index (χ1v) is 12.2. The highest BCUT2D eigenvalue weighted by Crippen LogP contribution is 2.44. The number of hydrogen-bond donors (Lipinski definition) is 1. The molecule has 33 heavy (non-hydrogen) atoms. The minimum absolute atomic E-state index is 0.0731. The van der Waals surface area contributed by atoms with Crippen molar-refractivity contribution in [2.75, 3.05) is 4.90 Å². The maximum absolute atomic E-state index is 6.58. The Morgan fingerprint density at radius 1 is 1.00 bits per heavy atom. The van der Waals surface area contributed by atoms with Gasteiger partial charge in [0.15, 0.2) is 5.11 Å². The van der Waals surface area contributed by atoms with E-state index in [0.717, 1.165) is 38.0 Å². The van der Waals surface area contributed by atoms with Crippen molar-refractivity contribution in [2.45, 2.75) is 25.9 Å². The van der Waals surface area contributed by atoms with Gasteiger partial charge in [-0.15, -0.1) is 0 Å². The van der Waals surface area contributed by atoms with Crippen LogP contribution in [0.2, 0.25) is 5.02 Å². The molecule has 1 saturated heterocycles. The van der Waals surface area contributed by atoms with Crippen LogP contribution < -0.4 is 10.2 Å². The molecule has 0 amide bonds. The Labute approximate surface area is 212 Å². The molecule has 0 bridgehead atoms. The summed E-state index contributed by atoms with van der Waals surface area (Å²) in [5.41, 5.74) is 6.37. The fraction of sp³-hybridized carbons (Fsp3) is 0.154. The molecule has 0 spiro atoms. The average molecular weight is 538 g/mol. The van der Waals surface area contributed by atoms with Crippen molar-refractivity contribution in [1.29, 1.82) is 0 Å². The molecule has 2 aromatic heterocycles. The molecule has 0 aliphatic carbocycles. The summed E-state index contributed by atoms with van der Waals surface area (Å²) in [5, 5.41) is 4.94. The van der Waals surface area contributed by atoms with Crippen molar-refractivity contribution < 1.29 is 0 Å². The minimum atomic E-state index is -0.0949. The number of benzene rings is 2. The maximum Gasteiger partial charge on any atom is 0.174 e. The van der Waals surface area contributed by atoms with E-state index in [9.17, 15) is 0 Å². The van der Waals surface area contributed by atoms with Crippen molar-refractivity contribution in [2.24, 2.45) is 0 Å². The second-order valence-corrected chi connectivity index (χ2v) is 9.80. The van der Waals surface area contributed by atoms with E-state index in [1.54, 1.807) is 0 Å². The van der Waals surface area contributed by atoms with Crippen LogP contribution in [0.15, 0.2) is 83.5 Å². The smallest absolute Gasteiger partial charge is 0.174 e. The molecule has 4 nitrogen and oxygen atoms in total. The third kappa shape index (κ3) is 3.97. The van der Waals surface area contributed by atoms with Crippen molar-refractivity contribution in [3.05, 3.63) is 111 Å². The number of nitrogens with one attached hydrogen (secondary N) is 1. The Morgan fingerprint density at radius 2 is 1.73 bits per heavy atom. The van der Waals surface area contributed by atoms with Crippen molar-refractivity contribution in [3.8, 4) is 5.69 Å². The molecule has 5 rings (SSSR count). The minimum Gasteiger partial charge on any atom is -0.351 e. The summed E-state index contributed by atoms with van der Waals surface area (Å²) in [6, 6.07) is 24.2. The maximum atomic E-state index is 6.58. The van der Waals surface area contributed by atoms with E-state index in [1.807, 2.05) is 60.8 Å². The van der Waals surface area contributed by atoms with Crippen LogP contribution in [0.25, 0.3) is 5.69 Å². The van der Waals surface area contributed by atoms with Crippen LogP contribution in [-0.4, -0.2) is 14.7 Å². The third-order valence-electron chi connectivity index (χ3n) is 6.09. The van der Waals surface area contributed by atoms with Gasteiger partial charge in [-0.25, -0.2) is 0 Å². The molecule has 7 heteroatoms. The zero-order valence-corrected chi connectivity index (χ0v) is 21.3. The molecular weight excluding hydrogens is 516 g/mol. The second kappa shape index (κ2) is 8.93. The number of halogens is 2. The highest BCUT2D eigenvalue weighted by atomic mass is 79.9. The van der Waals surface area contributed by atoms with Gasteiger partial charge in [0.25, 0.3) is 0 Å². The SMILES string of the molecule is Cc1cc([C@H]2[C@@H](c3ccccn3)NC(=S)N2c2ccc(Br)cc2)c(C)n1-c1ccccc1Cl. The summed E-state index contributed by atoms with van der Waals surface area (Å²) in [7, 11) is 0.